The molecule has 0 radical (unpaired) electrons. The van der Waals surface area contributed by atoms with E-state index in [4.69, 9.17) is 16.3 Å². The van der Waals surface area contributed by atoms with Crippen LogP contribution in [0.2, 0.25) is 5.02 Å². The van der Waals surface area contributed by atoms with E-state index in [0.717, 1.165) is 17.7 Å². The lowest BCUT2D eigenvalue weighted by atomic mass is 10.0. The van der Waals surface area contributed by atoms with E-state index in [1.807, 2.05) is 54.6 Å². The van der Waals surface area contributed by atoms with Crippen LogP contribution in [-0.2, 0) is 0 Å². The first-order valence-corrected chi connectivity index (χ1v) is 8.43. The standard InChI is InChI=1S/C19H16ClN3O2/c20-18-16(12-21-23(19(18)24)13-6-2-1-3-7-13)22-15-10-11-25-17-9-5-4-8-14(15)17/h1-9,12,15,22H,10-11H2/t15-/m1/s1. The maximum atomic E-state index is 12.6. The molecule has 1 atom stereocenters. The predicted molar refractivity (Wildman–Crippen MR) is 97.8 cm³/mol. The summed E-state index contributed by atoms with van der Waals surface area (Å²) in [5.74, 6) is 0.855. The fourth-order valence-electron chi connectivity index (χ4n) is 2.97. The molecule has 1 N–H and O–H groups in total. The van der Waals surface area contributed by atoms with Gasteiger partial charge in [-0.2, -0.15) is 9.78 Å². The molecule has 2 aromatic carbocycles. The highest BCUT2D eigenvalue weighted by molar-refractivity contribution is 6.33. The normalized spacial score (nSPS) is 16.0. The van der Waals surface area contributed by atoms with Crippen LogP contribution in [0.1, 0.15) is 18.0 Å². The minimum atomic E-state index is -0.349. The summed E-state index contributed by atoms with van der Waals surface area (Å²) < 4.78 is 6.96. The van der Waals surface area contributed by atoms with Gasteiger partial charge in [-0.25, -0.2) is 0 Å². The first-order valence-electron chi connectivity index (χ1n) is 8.05. The number of aromatic nitrogens is 2. The molecule has 0 saturated carbocycles. The molecule has 0 saturated heterocycles. The second kappa shape index (κ2) is 6.61. The van der Waals surface area contributed by atoms with Gasteiger partial charge in [0.15, 0.2) is 0 Å². The van der Waals surface area contributed by atoms with Crippen LogP contribution in [0.15, 0.2) is 65.6 Å². The van der Waals surface area contributed by atoms with Crippen LogP contribution in [0.25, 0.3) is 5.69 Å². The number of hydrogen-bond donors (Lipinski definition) is 1. The molecule has 1 aliphatic rings. The number of anilines is 1. The molecule has 0 spiro atoms. The van der Waals surface area contributed by atoms with E-state index in [1.54, 1.807) is 6.20 Å². The van der Waals surface area contributed by atoms with Crippen molar-refractivity contribution >= 4 is 17.3 Å². The van der Waals surface area contributed by atoms with E-state index < -0.39 is 0 Å². The predicted octanol–water partition coefficient (Wildman–Crippen LogP) is 3.82. The van der Waals surface area contributed by atoms with Crippen molar-refractivity contribution < 1.29 is 4.74 Å². The van der Waals surface area contributed by atoms with Crippen LogP contribution < -0.4 is 15.6 Å². The van der Waals surface area contributed by atoms with E-state index in [9.17, 15) is 4.79 Å². The molecule has 0 unspecified atom stereocenters. The topological polar surface area (TPSA) is 56.1 Å². The summed E-state index contributed by atoms with van der Waals surface area (Å²) in [6.07, 6.45) is 2.38. The number of ether oxygens (including phenoxy) is 1. The summed E-state index contributed by atoms with van der Waals surface area (Å²) >= 11 is 6.33. The Balaban J connectivity index is 1.67. The summed E-state index contributed by atoms with van der Waals surface area (Å²) in [6, 6.07) is 17.1. The average molecular weight is 354 g/mol. The van der Waals surface area contributed by atoms with Gasteiger partial charge in [-0.3, -0.25) is 4.79 Å². The number of rotatable bonds is 3. The zero-order valence-electron chi connectivity index (χ0n) is 13.4. The highest BCUT2D eigenvalue weighted by Gasteiger charge is 2.22. The van der Waals surface area contributed by atoms with Crippen LogP contribution in [0.3, 0.4) is 0 Å². The van der Waals surface area contributed by atoms with Gasteiger partial charge < -0.3 is 10.1 Å². The minimum Gasteiger partial charge on any atom is -0.493 e. The highest BCUT2D eigenvalue weighted by atomic mass is 35.5. The molecule has 3 aromatic rings. The number of nitrogens with one attached hydrogen (secondary N) is 1. The fraction of sp³-hybridized carbons (Fsp3) is 0.158. The number of nitrogens with zero attached hydrogens (tertiary/aromatic N) is 2. The van der Waals surface area contributed by atoms with Crippen molar-refractivity contribution in [3.05, 3.63) is 81.7 Å². The molecular formula is C19H16ClN3O2. The van der Waals surface area contributed by atoms with Gasteiger partial charge in [-0.15, -0.1) is 0 Å². The molecular weight excluding hydrogens is 338 g/mol. The Labute approximate surface area is 149 Å². The molecule has 1 aromatic heterocycles. The van der Waals surface area contributed by atoms with Gasteiger partial charge in [-0.05, 0) is 18.2 Å². The van der Waals surface area contributed by atoms with Gasteiger partial charge in [-0.1, -0.05) is 48.0 Å². The summed E-state index contributed by atoms with van der Waals surface area (Å²) in [6.45, 7) is 0.612. The third-order valence-electron chi connectivity index (χ3n) is 4.21. The van der Waals surface area contributed by atoms with Crippen molar-refractivity contribution in [3.8, 4) is 11.4 Å². The first kappa shape index (κ1) is 15.7. The molecule has 0 bridgehead atoms. The third-order valence-corrected chi connectivity index (χ3v) is 4.57. The molecule has 2 heterocycles. The largest absolute Gasteiger partial charge is 0.493 e. The van der Waals surface area contributed by atoms with E-state index in [0.29, 0.717) is 18.0 Å². The highest BCUT2D eigenvalue weighted by Crippen LogP contribution is 2.34. The van der Waals surface area contributed by atoms with Crippen molar-refractivity contribution in [2.75, 3.05) is 11.9 Å². The van der Waals surface area contributed by atoms with E-state index >= 15 is 0 Å². The Morgan fingerprint density at radius 3 is 2.72 bits per heavy atom. The van der Waals surface area contributed by atoms with E-state index in [1.165, 1.54) is 4.68 Å². The molecule has 126 valence electrons. The minimum absolute atomic E-state index is 0.0243. The van der Waals surface area contributed by atoms with Crippen molar-refractivity contribution in [3.63, 3.8) is 0 Å². The van der Waals surface area contributed by atoms with Gasteiger partial charge in [0.1, 0.15) is 10.8 Å². The summed E-state index contributed by atoms with van der Waals surface area (Å²) in [5.41, 5.74) is 1.91. The Bertz CT molecular complexity index is 956. The van der Waals surface area contributed by atoms with E-state index in [2.05, 4.69) is 10.4 Å². The second-order valence-electron chi connectivity index (χ2n) is 5.80. The summed E-state index contributed by atoms with van der Waals surface area (Å²) in [4.78, 5) is 12.6. The molecule has 0 aliphatic carbocycles. The van der Waals surface area contributed by atoms with Gasteiger partial charge in [0.2, 0.25) is 0 Å². The molecule has 25 heavy (non-hydrogen) atoms. The van der Waals surface area contributed by atoms with Crippen LogP contribution in [0.4, 0.5) is 5.69 Å². The van der Waals surface area contributed by atoms with Gasteiger partial charge >= 0.3 is 0 Å². The molecule has 4 rings (SSSR count). The maximum absolute atomic E-state index is 12.6. The number of fused-ring (bicyclic) bond motifs is 1. The van der Waals surface area contributed by atoms with Gasteiger partial charge in [0.25, 0.3) is 5.56 Å². The third kappa shape index (κ3) is 2.98. The first-order chi connectivity index (χ1) is 12.2. The second-order valence-corrected chi connectivity index (χ2v) is 6.17. The van der Waals surface area contributed by atoms with Crippen LogP contribution in [0, 0.1) is 0 Å². The average Bonchev–Trinajstić information content (AvgIpc) is 2.66. The van der Waals surface area contributed by atoms with Crippen molar-refractivity contribution in [2.24, 2.45) is 0 Å². The molecule has 1 aliphatic heterocycles. The number of halogens is 1. The molecule has 0 amide bonds. The number of para-hydroxylation sites is 2. The van der Waals surface area contributed by atoms with Crippen LogP contribution in [-0.4, -0.2) is 16.4 Å². The Morgan fingerprint density at radius 2 is 1.88 bits per heavy atom. The summed E-state index contributed by atoms with van der Waals surface area (Å²) in [7, 11) is 0. The lowest BCUT2D eigenvalue weighted by Crippen LogP contribution is -2.25. The Morgan fingerprint density at radius 1 is 1.12 bits per heavy atom. The van der Waals surface area contributed by atoms with Crippen LogP contribution >= 0.6 is 11.6 Å². The van der Waals surface area contributed by atoms with Gasteiger partial charge in [0.05, 0.1) is 30.2 Å². The Kier molecular flexibility index (Phi) is 4.15. The van der Waals surface area contributed by atoms with Crippen LogP contribution in [0.5, 0.6) is 5.75 Å². The van der Waals surface area contributed by atoms with Gasteiger partial charge in [0, 0.05) is 12.0 Å². The maximum Gasteiger partial charge on any atom is 0.292 e. The van der Waals surface area contributed by atoms with Crippen molar-refractivity contribution in [1.29, 1.82) is 0 Å². The lowest BCUT2D eigenvalue weighted by Gasteiger charge is -2.27. The SMILES string of the molecule is O=c1c(Cl)c(N[C@@H]2CCOc3ccccc32)cnn1-c1ccccc1. The zero-order chi connectivity index (χ0) is 17.2. The zero-order valence-corrected chi connectivity index (χ0v) is 14.1. The lowest BCUT2D eigenvalue weighted by molar-refractivity contribution is 0.274. The summed E-state index contributed by atoms with van der Waals surface area (Å²) in [5, 5.41) is 7.72. The quantitative estimate of drug-likeness (QED) is 0.777. The molecule has 0 fully saturated rings. The van der Waals surface area contributed by atoms with Crippen molar-refractivity contribution in [2.45, 2.75) is 12.5 Å². The fourth-order valence-corrected chi connectivity index (χ4v) is 3.15. The smallest absolute Gasteiger partial charge is 0.292 e. The number of benzene rings is 2. The van der Waals surface area contributed by atoms with E-state index in [-0.39, 0.29) is 16.6 Å². The molecule has 5 nitrogen and oxygen atoms in total. The molecule has 6 heteroatoms. The Hall–Kier alpha value is -2.79. The van der Waals surface area contributed by atoms with Crippen molar-refractivity contribution in [1.82, 2.24) is 9.78 Å². The monoisotopic (exact) mass is 353 g/mol. The number of hydrogen-bond acceptors (Lipinski definition) is 4.